The van der Waals surface area contributed by atoms with E-state index in [0.29, 0.717) is 18.3 Å². The molecule has 1 aliphatic carbocycles. The van der Waals surface area contributed by atoms with Gasteiger partial charge in [-0.05, 0) is 19.8 Å². The second-order valence-electron chi connectivity index (χ2n) is 5.25. The minimum absolute atomic E-state index is 0.0119. The molecule has 0 saturated heterocycles. The molecular formula is C12H20N4O2. The van der Waals surface area contributed by atoms with Crippen LogP contribution in [0.15, 0.2) is 4.52 Å². The zero-order valence-corrected chi connectivity index (χ0v) is 10.9. The number of nitrogens with two attached hydrogens (primary N) is 1. The normalized spacial score (nSPS) is 28.1. The Morgan fingerprint density at radius 1 is 1.61 bits per heavy atom. The zero-order valence-electron chi connectivity index (χ0n) is 10.9. The van der Waals surface area contributed by atoms with Crippen LogP contribution in [0.1, 0.15) is 44.3 Å². The molecule has 100 valence electrons. The number of carbonyl (C=O) groups excluding carboxylic acids is 1. The molecule has 2 rings (SSSR count). The van der Waals surface area contributed by atoms with Crippen molar-refractivity contribution in [3.05, 3.63) is 11.7 Å². The van der Waals surface area contributed by atoms with Crippen LogP contribution in [0.4, 0.5) is 0 Å². The first kappa shape index (κ1) is 13.0. The molecule has 1 aliphatic rings. The predicted molar refractivity (Wildman–Crippen MR) is 65.4 cm³/mol. The minimum atomic E-state index is -0.407. The minimum Gasteiger partial charge on any atom is -0.348 e. The van der Waals surface area contributed by atoms with Gasteiger partial charge in [0.15, 0.2) is 5.82 Å². The van der Waals surface area contributed by atoms with Crippen LogP contribution in [0.25, 0.3) is 0 Å². The molecule has 6 heteroatoms. The van der Waals surface area contributed by atoms with Crippen molar-refractivity contribution in [1.29, 1.82) is 0 Å². The Morgan fingerprint density at radius 2 is 2.39 bits per heavy atom. The Hall–Kier alpha value is -1.43. The maximum absolute atomic E-state index is 12.1. The topological polar surface area (TPSA) is 94.0 Å². The summed E-state index contributed by atoms with van der Waals surface area (Å²) in [6.45, 7) is 3.97. The van der Waals surface area contributed by atoms with Gasteiger partial charge in [-0.25, -0.2) is 0 Å². The molecule has 6 nitrogen and oxygen atoms in total. The smallest absolute Gasteiger partial charge is 0.225 e. The maximum atomic E-state index is 12.1. The highest BCUT2D eigenvalue weighted by Gasteiger charge is 2.37. The van der Waals surface area contributed by atoms with Crippen molar-refractivity contribution in [3.63, 3.8) is 0 Å². The van der Waals surface area contributed by atoms with Crippen molar-refractivity contribution in [2.24, 2.45) is 11.7 Å². The standard InChI is InChI=1S/C12H20N4O2/c1-8-15-10(16-18-8)7-14-11(17)9-5-3-4-6-12(9,2)13/h9H,3-7,13H2,1-2H3,(H,14,17). The largest absolute Gasteiger partial charge is 0.348 e. The molecule has 0 spiro atoms. The monoisotopic (exact) mass is 252 g/mol. The summed E-state index contributed by atoms with van der Waals surface area (Å²) in [5.74, 6) is 0.859. The van der Waals surface area contributed by atoms with Crippen LogP contribution in [0.2, 0.25) is 0 Å². The lowest BCUT2D eigenvalue weighted by atomic mass is 9.74. The molecule has 2 atom stereocenters. The van der Waals surface area contributed by atoms with Crippen molar-refractivity contribution in [2.45, 2.75) is 51.6 Å². The number of hydrogen-bond acceptors (Lipinski definition) is 5. The van der Waals surface area contributed by atoms with E-state index in [2.05, 4.69) is 15.5 Å². The molecule has 18 heavy (non-hydrogen) atoms. The fourth-order valence-electron chi connectivity index (χ4n) is 2.49. The van der Waals surface area contributed by atoms with Crippen molar-refractivity contribution in [3.8, 4) is 0 Å². The van der Waals surface area contributed by atoms with E-state index in [-0.39, 0.29) is 11.8 Å². The highest BCUT2D eigenvalue weighted by Crippen LogP contribution is 2.31. The summed E-state index contributed by atoms with van der Waals surface area (Å²) in [6, 6.07) is 0. The number of carbonyl (C=O) groups is 1. The molecule has 0 radical (unpaired) electrons. The van der Waals surface area contributed by atoms with E-state index in [1.165, 1.54) is 0 Å². The molecule has 1 amide bonds. The third-order valence-corrected chi connectivity index (χ3v) is 3.56. The molecule has 0 aliphatic heterocycles. The second kappa shape index (κ2) is 5.06. The number of amides is 1. The van der Waals surface area contributed by atoms with Crippen molar-refractivity contribution >= 4 is 5.91 Å². The average molecular weight is 252 g/mol. The Kier molecular flexibility index (Phi) is 3.65. The summed E-state index contributed by atoms with van der Waals surface area (Å²) in [4.78, 5) is 16.2. The fourth-order valence-corrected chi connectivity index (χ4v) is 2.49. The number of hydrogen-bond donors (Lipinski definition) is 2. The van der Waals surface area contributed by atoms with Crippen molar-refractivity contribution < 1.29 is 9.32 Å². The number of nitrogens with zero attached hydrogens (tertiary/aromatic N) is 2. The van der Waals surface area contributed by atoms with Gasteiger partial charge < -0.3 is 15.6 Å². The van der Waals surface area contributed by atoms with E-state index in [1.807, 2.05) is 6.92 Å². The SMILES string of the molecule is Cc1nc(CNC(=O)C2CCCCC2(C)N)no1. The molecule has 1 saturated carbocycles. The molecule has 1 heterocycles. The van der Waals surface area contributed by atoms with Gasteiger partial charge in [0.25, 0.3) is 0 Å². The molecule has 1 aromatic heterocycles. The molecule has 0 bridgehead atoms. The van der Waals surface area contributed by atoms with Gasteiger partial charge >= 0.3 is 0 Å². The van der Waals surface area contributed by atoms with Gasteiger partial charge in [-0.15, -0.1) is 0 Å². The van der Waals surface area contributed by atoms with Gasteiger partial charge in [-0.3, -0.25) is 4.79 Å². The van der Waals surface area contributed by atoms with Crippen molar-refractivity contribution in [2.75, 3.05) is 0 Å². The zero-order chi connectivity index (χ0) is 13.2. The molecule has 1 aromatic rings. The summed E-state index contributed by atoms with van der Waals surface area (Å²) < 4.78 is 4.85. The highest BCUT2D eigenvalue weighted by atomic mass is 16.5. The van der Waals surface area contributed by atoms with Gasteiger partial charge in [0.2, 0.25) is 11.8 Å². The average Bonchev–Trinajstić information content (AvgIpc) is 2.71. The Labute approximate surface area is 106 Å². The molecule has 1 fully saturated rings. The number of rotatable bonds is 3. The Bertz CT molecular complexity index is 427. The summed E-state index contributed by atoms with van der Waals surface area (Å²) in [7, 11) is 0. The van der Waals surface area contributed by atoms with Crippen LogP contribution in [0.5, 0.6) is 0 Å². The van der Waals surface area contributed by atoms with Crippen LogP contribution in [0, 0.1) is 12.8 Å². The van der Waals surface area contributed by atoms with Crippen LogP contribution in [0.3, 0.4) is 0 Å². The lowest BCUT2D eigenvalue weighted by Gasteiger charge is -2.37. The molecule has 3 N–H and O–H groups in total. The highest BCUT2D eigenvalue weighted by molar-refractivity contribution is 5.80. The maximum Gasteiger partial charge on any atom is 0.225 e. The number of aromatic nitrogens is 2. The van der Waals surface area contributed by atoms with E-state index >= 15 is 0 Å². The van der Waals surface area contributed by atoms with Gasteiger partial charge in [-0.2, -0.15) is 4.98 Å². The van der Waals surface area contributed by atoms with Gasteiger partial charge in [0.1, 0.15) is 0 Å². The first-order chi connectivity index (χ1) is 8.49. The number of nitrogens with one attached hydrogen (secondary N) is 1. The fraction of sp³-hybridized carbons (Fsp3) is 0.750. The van der Waals surface area contributed by atoms with E-state index < -0.39 is 5.54 Å². The van der Waals surface area contributed by atoms with Crippen molar-refractivity contribution in [1.82, 2.24) is 15.5 Å². The lowest BCUT2D eigenvalue weighted by molar-refractivity contribution is -0.128. The first-order valence-electron chi connectivity index (χ1n) is 6.35. The van der Waals surface area contributed by atoms with Gasteiger partial charge in [0, 0.05) is 12.5 Å². The Morgan fingerprint density at radius 3 is 3.00 bits per heavy atom. The van der Waals surface area contributed by atoms with E-state index in [1.54, 1.807) is 6.92 Å². The number of aryl methyl sites for hydroxylation is 1. The predicted octanol–water partition coefficient (Wildman–Crippen LogP) is 0.902. The molecular weight excluding hydrogens is 232 g/mol. The third-order valence-electron chi connectivity index (χ3n) is 3.56. The molecule has 2 unspecified atom stereocenters. The Balaban J connectivity index is 1.91. The quantitative estimate of drug-likeness (QED) is 0.833. The van der Waals surface area contributed by atoms with Crippen LogP contribution < -0.4 is 11.1 Å². The summed E-state index contributed by atoms with van der Waals surface area (Å²) in [5, 5.41) is 6.57. The second-order valence-corrected chi connectivity index (χ2v) is 5.25. The van der Waals surface area contributed by atoms with Crippen LogP contribution in [-0.2, 0) is 11.3 Å². The van der Waals surface area contributed by atoms with Crippen LogP contribution in [-0.4, -0.2) is 21.6 Å². The van der Waals surface area contributed by atoms with E-state index in [9.17, 15) is 4.79 Å². The first-order valence-corrected chi connectivity index (χ1v) is 6.35. The van der Waals surface area contributed by atoms with Gasteiger partial charge in [-0.1, -0.05) is 18.0 Å². The van der Waals surface area contributed by atoms with E-state index in [0.717, 1.165) is 25.7 Å². The lowest BCUT2D eigenvalue weighted by Crippen LogP contribution is -2.52. The van der Waals surface area contributed by atoms with Crippen LogP contribution >= 0.6 is 0 Å². The molecule has 0 aromatic carbocycles. The summed E-state index contributed by atoms with van der Waals surface area (Å²) in [6.07, 6.45) is 3.91. The third kappa shape index (κ3) is 2.87. The summed E-state index contributed by atoms with van der Waals surface area (Å²) in [5.41, 5.74) is 5.78. The summed E-state index contributed by atoms with van der Waals surface area (Å²) >= 11 is 0. The van der Waals surface area contributed by atoms with Gasteiger partial charge in [0.05, 0.1) is 12.5 Å². The van der Waals surface area contributed by atoms with E-state index in [4.69, 9.17) is 10.3 Å².